The van der Waals surface area contributed by atoms with E-state index >= 15 is 0 Å². The fraction of sp³-hybridized carbons (Fsp3) is 0.188. The van der Waals surface area contributed by atoms with E-state index in [9.17, 15) is 19.3 Å². The van der Waals surface area contributed by atoms with Crippen molar-refractivity contribution in [2.75, 3.05) is 32.4 Å². The smallest absolute Gasteiger partial charge is 0.295 e. The van der Waals surface area contributed by atoms with Crippen molar-refractivity contribution in [3.63, 3.8) is 0 Å². The summed E-state index contributed by atoms with van der Waals surface area (Å²) in [6.45, 7) is 0. The highest BCUT2D eigenvalue weighted by Crippen LogP contribution is 2.40. The fourth-order valence-electron chi connectivity index (χ4n) is 2.29. The summed E-state index contributed by atoms with van der Waals surface area (Å²) in [7, 11) is 4.22. The van der Waals surface area contributed by atoms with Gasteiger partial charge in [0.15, 0.2) is 11.5 Å². The van der Waals surface area contributed by atoms with Gasteiger partial charge in [-0.3, -0.25) is 14.9 Å². The molecule has 138 valence electrons. The zero-order valence-corrected chi connectivity index (χ0v) is 14.2. The lowest BCUT2D eigenvalue weighted by molar-refractivity contribution is -0.384. The Kier molecular flexibility index (Phi) is 5.45. The molecule has 3 N–H and O–H groups in total. The average molecular weight is 365 g/mol. The first-order valence-corrected chi connectivity index (χ1v) is 7.17. The van der Waals surface area contributed by atoms with Crippen molar-refractivity contribution in [1.82, 2.24) is 0 Å². The minimum absolute atomic E-state index is 0.232. The van der Waals surface area contributed by atoms with E-state index in [0.29, 0.717) is 11.8 Å². The number of rotatable bonds is 6. The van der Waals surface area contributed by atoms with Crippen LogP contribution in [0.25, 0.3) is 0 Å². The fourth-order valence-corrected chi connectivity index (χ4v) is 2.29. The third-order valence-corrected chi connectivity index (χ3v) is 3.49. The van der Waals surface area contributed by atoms with Gasteiger partial charge in [0, 0.05) is 17.8 Å². The summed E-state index contributed by atoms with van der Waals surface area (Å²) < 4.78 is 29.1. The van der Waals surface area contributed by atoms with E-state index < -0.39 is 28.0 Å². The van der Waals surface area contributed by atoms with Gasteiger partial charge in [0.05, 0.1) is 37.9 Å². The Morgan fingerprint density at radius 3 is 2.15 bits per heavy atom. The summed E-state index contributed by atoms with van der Waals surface area (Å²) in [5, 5.41) is 13.4. The number of hydrogen-bond donors (Lipinski definition) is 2. The van der Waals surface area contributed by atoms with Gasteiger partial charge in [-0.1, -0.05) is 0 Å². The maximum atomic E-state index is 13.6. The molecule has 2 aromatic carbocycles. The van der Waals surface area contributed by atoms with Crippen LogP contribution >= 0.6 is 0 Å². The Morgan fingerprint density at radius 1 is 1.12 bits per heavy atom. The molecular weight excluding hydrogens is 349 g/mol. The highest BCUT2D eigenvalue weighted by Gasteiger charge is 2.22. The number of halogens is 1. The number of benzene rings is 2. The number of nitro groups is 1. The van der Waals surface area contributed by atoms with E-state index in [1.807, 2.05) is 0 Å². The molecule has 26 heavy (non-hydrogen) atoms. The van der Waals surface area contributed by atoms with E-state index in [1.165, 1.54) is 33.5 Å². The normalized spacial score (nSPS) is 10.2. The predicted octanol–water partition coefficient (Wildman–Crippen LogP) is 2.59. The first-order valence-electron chi connectivity index (χ1n) is 7.17. The lowest BCUT2D eigenvalue weighted by atomic mass is 10.1. The molecular formula is C16H16FN3O6. The molecule has 0 radical (unpaired) electrons. The standard InChI is InChI=1S/C16H16FN3O6/c1-24-12-6-9(7-13(25-2)15(12)26-3)19-16(21)10-4-8(17)5-11(14(10)18)20(22)23/h4-7H,18H2,1-3H3,(H,19,21). The highest BCUT2D eigenvalue weighted by atomic mass is 19.1. The van der Waals surface area contributed by atoms with Crippen LogP contribution in [0.5, 0.6) is 17.2 Å². The molecule has 0 spiro atoms. The Labute approximate surface area is 147 Å². The van der Waals surface area contributed by atoms with Crippen molar-refractivity contribution in [3.05, 3.63) is 45.8 Å². The molecule has 2 rings (SSSR count). The first kappa shape index (κ1) is 18.8. The van der Waals surface area contributed by atoms with Crippen molar-refractivity contribution >= 4 is 23.0 Å². The van der Waals surface area contributed by atoms with Crippen molar-refractivity contribution in [3.8, 4) is 17.2 Å². The number of amides is 1. The second-order valence-corrected chi connectivity index (χ2v) is 5.01. The summed E-state index contributed by atoms with van der Waals surface area (Å²) >= 11 is 0. The van der Waals surface area contributed by atoms with E-state index in [-0.39, 0.29) is 22.7 Å². The van der Waals surface area contributed by atoms with Crippen LogP contribution in [-0.4, -0.2) is 32.2 Å². The lowest BCUT2D eigenvalue weighted by Gasteiger charge is -2.15. The van der Waals surface area contributed by atoms with Crippen LogP contribution in [-0.2, 0) is 0 Å². The molecule has 0 saturated carbocycles. The van der Waals surface area contributed by atoms with Gasteiger partial charge in [0.25, 0.3) is 11.6 Å². The Hall–Kier alpha value is -3.56. The van der Waals surface area contributed by atoms with Gasteiger partial charge in [0.1, 0.15) is 11.5 Å². The molecule has 2 aromatic rings. The number of nitrogens with zero attached hydrogens (tertiary/aromatic N) is 1. The monoisotopic (exact) mass is 365 g/mol. The number of hydrogen-bond acceptors (Lipinski definition) is 7. The van der Waals surface area contributed by atoms with Crippen LogP contribution in [0.2, 0.25) is 0 Å². The van der Waals surface area contributed by atoms with Crippen LogP contribution in [0.15, 0.2) is 24.3 Å². The molecule has 0 saturated heterocycles. The van der Waals surface area contributed by atoms with Gasteiger partial charge in [-0.25, -0.2) is 4.39 Å². The Balaban J connectivity index is 2.44. The SMILES string of the molecule is COc1cc(NC(=O)c2cc(F)cc([N+](=O)[O-])c2N)cc(OC)c1OC. The quantitative estimate of drug-likeness (QED) is 0.458. The Morgan fingerprint density at radius 2 is 1.69 bits per heavy atom. The van der Waals surface area contributed by atoms with Gasteiger partial charge < -0.3 is 25.3 Å². The van der Waals surface area contributed by atoms with Crippen molar-refractivity contribution < 1.29 is 28.3 Å². The molecule has 1 amide bonds. The van der Waals surface area contributed by atoms with Gasteiger partial charge in [0.2, 0.25) is 5.75 Å². The van der Waals surface area contributed by atoms with E-state index in [4.69, 9.17) is 19.9 Å². The zero-order valence-electron chi connectivity index (χ0n) is 14.2. The van der Waals surface area contributed by atoms with Crippen LogP contribution < -0.4 is 25.3 Å². The summed E-state index contributed by atoms with van der Waals surface area (Å²) in [5.74, 6) is -0.921. The van der Waals surface area contributed by atoms with Crippen LogP contribution in [0.3, 0.4) is 0 Å². The minimum Gasteiger partial charge on any atom is -0.493 e. The average Bonchev–Trinajstić information content (AvgIpc) is 2.61. The van der Waals surface area contributed by atoms with Gasteiger partial charge >= 0.3 is 0 Å². The maximum absolute atomic E-state index is 13.6. The van der Waals surface area contributed by atoms with Gasteiger partial charge in [-0.15, -0.1) is 0 Å². The molecule has 0 bridgehead atoms. The Bertz CT molecular complexity index is 846. The number of carbonyl (C=O) groups is 1. The second kappa shape index (κ2) is 7.55. The van der Waals surface area contributed by atoms with E-state index in [2.05, 4.69) is 5.32 Å². The number of ether oxygens (including phenoxy) is 3. The maximum Gasteiger partial charge on any atom is 0.295 e. The topological polar surface area (TPSA) is 126 Å². The predicted molar refractivity (Wildman–Crippen MR) is 91.5 cm³/mol. The number of nitrogens with two attached hydrogens (primary N) is 1. The summed E-state index contributed by atoms with van der Waals surface area (Å²) in [4.78, 5) is 22.5. The highest BCUT2D eigenvalue weighted by molar-refractivity contribution is 6.09. The van der Waals surface area contributed by atoms with Gasteiger partial charge in [-0.05, 0) is 6.07 Å². The first-order chi connectivity index (χ1) is 12.3. The minimum atomic E-state index is -0.957. The zero-order chi connectivity index (χ0) is 19.4. The molecule has 0 aliphatic carbocycles. The number of nitrogens with one attached hydrogen (secondary N) is 1. The summed E-state index contributed by atoms with van der Waals surface area (Å²) in [6, 6.07) is 4.35. The molecule has 0 unspecified atom stereocenters. The number of anilines is 2. The molecule has 0 aliphatic heterocycles. The molecule has 0 aliphatic rings. The van der Waals surface area contributed by atoms with Crippen molar-refractivity contribution in [2.45, 2.75) is 0 Å². The largest absolute Gasteiger partial charge is 0.493 e. The van der Waals surface area contributed by atoms with E-state index in [0.717, 1.165) is 6.07 Å². The summed E-state index contributed by atoms with van der Waals surface area (Å²) in [6.07, 6.45) is 0. The third-order valence-electron chi connectivity index (χ3n) is 3.49. The van der Waals surface area contributed by atoms with Crippen LogP contribution in [0, 0.1) is 15.9 Å². The van der Waals surface area contributed by atoms with Crippen molar-refractivity contribution in [1.29, 1.82) is 0 Å². The number of nitro benzene ring substituents is 1. The third kappa shape index (κ3) is 3.58. The summed E-state index contributed by atoms with van der Waals surface area (Å²) in [5.41, 5.74) is 4.35. The molecule has 10 heteroatoms. The molecule has 0 heterocycles. The number of carbonyl (C=O) groups excluding carboxylic acids is 1. The molecule has 0 atom stereocenters. The van der Waals surface area contributed by atoms with Crippen LogP contribution in [0.1, 0.15) is 10.4 Å². The van der Waals surface area contributed by atoms with Gasteiger partial charge in [-0.2, -0.15) is 0 Å². The number of nitrogen functional groups attached to an aromatic ring is 1. The lowest BCUT2D eigenvalue weighted by Crippen LogP contribution is -2.15. The number of methoxy groups -OCH3 is 3. The molecule has 0 aromatic heterocycles. The van der Waals surface area contributed by atoms with Crippen molar-refractivity contribution in [2.24, 2.45) is 0 Å². The molecule has 0 fully saturated rings. The molecule has 9 nitrogen and oxygen atoms in total. The van der Waals surface area contributed by atoms with E-state index in [1.54, 1.807) is 0 Å². The second-order valence-electron chi connectivity index (χ2n) is 5.01. The van der Waals surface area contributed by atoms with Crippen LogP contribution in [0.4, 0.5) is 21.5 Å².